The van der Waals surface area contributed by atoms with Gasteiger partial charge in [-0.2, -0.15) is 5.26 Å². The smallest absolute Gasteiger partial charge is 0.237 e. The fourth-order valence-corrected chi connectivity index (χ4v) is 1.88. The molecule has 0 bridgehead atoms. The van der Waals surface area contributed by atoms with E-state index in [1.165, 1.54) is 0 Å². The summed E-state index contributed by atoms with van der Waals surface area (Å²) in [6.07, 6.45) is 0. The van der Waals surface area contributed by atoms with Crippen molar-refractivity contribution in [1.82, 2.24) is 4.98 Å². The number of aromatic nitrogens is 1. The summed E-state index contributed by atoms with van der Waals surface area (Å²) in [5.74, 6) is 0.818. The number of nitrogens with zero attached hydrogens (tertiary/aromatic N) is 2. The average molecular weight is 293 g/mol. The lowest BCUT2D eigenvalue weighted by Gasteiger charge is -2.11. The quantitative estimate of drug-likeness (QED) is 0.808. The first-order valence-corrected chi connectivity index (χ1v) is 6.28. The van der Waals surface area contributed by atoms with Crippen LogP contribution in [-0.2, 0) is 0 Å². The molecule has 0 atom stereocenters. The van der Waals surface area contributed by atoms with Crippen molar-refractivity contribution >= 4 is 23.2 Å². The van der Waals surface area contributed by atoms with Gasteiger partial charge in [-0.25, -0.2) is 4.98 Å². The van der Waals surface area contributed by atoms with E-state index in [1.807, 2.05) is 0 Å². The number of halogens is 2. The lowest BCUT2D eigenvalue weighted by atomic mass is 10.1. The Labute approximate surface area is 121 Å². The Kier molecular flexibility index (Phi) is 3.94. The average Bonchev–Trinajstić information content (AvgIpc) is 2.39. The highest BCUT2D eigenvalue weighted by Gasteiger charge is 2.15. The van der Waals surface area contributed by atoms with Gasteiger partial charge in [-0.05, 0) is 43.7 Å². The van der Waals surface area contributed by atoms with Crippen molar-refractivity contribution in [2.75, 3.05) is 0 Å². The van der Waals surface area contributed by atoms with Crippen molar-refractivity contribution in [3.8, 4) is 17.7 Å². The van der Waals surface area contributed by atoms with Crippen molar-refractivity contribution < 1.29 is 4.74 Å². The molecule has 19 heavy (non-hydrogen) atoms. The zero-order valence-electron chi connectivity index (χ0n) is 10.4. The summed E-state index contributed by atoms with van der Waals surface area (Å²) >= 11 is 11.9. The van der Waals surface area contributed by atoms with E-state index >= 15 is 0 Å². The van der Waals surface area contributed by atoms with E-state index in [1.54, 1.807) is 38.1 Å². The number of nitriles is 1. The highest BCUT2D eigenvalue weighted by molar-refractivity contribution is 6.32. The monoisotopic (exact) mass is 292 g/mol. The maximum absolute atomic E-state index is 9.19. The van der Waals surface area contributed by atoms with Gasteiger partial charge in [0.2, 0.25) is 5.88 Å². The van der Waals surface area contributed by atoms with Gasteiger partial charge in [-0.3, -0.25) is 0 Å². The molecule has 3 nitrogen and oxygen atoms in total. The molecule has 0 amide bonds. The topological polar surface area (TPSA) is 45.9 Å². The Balaban J connectivity index is 2.46. The van der Waals surface area contributed by atoms with Crippen LogP contribution in [0.3, 0.4) is 0 Å². The Morgan fingerprint density at radius 1 is 1.16 bits per heavy atom. The first-order chi connectivity index (χ1) is 9.02. The van der Waals surface area contributed by atoms with Crippen LogP contribution in [0.1, 0.15) is 16.8 Å². The second-order valence-electron chi connectivity index (χ2n) is 3.98. The number of benzene rings is 1. The number of aryl methyl sites for hydroxylation is 1. The van der Waals surface area contributed by atoms with Crippen molar-refractivity contribution in [2.45, 2.75) is 13.8 Å². The van der Waals surface area contributed by atoms with Crippen molar-refractivity contribution in [3.63, 3.8) is 0 Å². The summed E-state index contributed by atoms with van der Waals surface area (Å²) in [4.78, 5) is 4.21. The van der Waals surface area contributed by atoms with Crippen LogP contribution in [0.2, 0.25) is 10.0 Å². The van der Waals surface area contributed by atoms with Crippen molar-refractivity contribution in [1.29, 1.82) is 5.26 Å². The van der Waals surface area contributed by atoms with Gasteiger partial charge in [0.1, 0.15) is 17.4 Å². The van der Waals surface area contributed by atoms with E-state index < -0.39 is 0 Å². The Morgan fingerprint density at radius 2 is 1.79 bits per heavy atom. The van der Waals surface area contributed by atoms with E-state index in [0.29, 0.717) is 32.6 Å². The minimum absolute atomic E-state index is 0.254. The van der Waals surface area contributed by atoms with E-state index in [9.17, 15) is 5.26 Å². The van der Waals surface area contributed by atoms with Crippen LogP contribution < -0.4 is 4.74 Å². The number of rotatable bonds is 2. The predicted molar refractivity (Wildman–Crippen MR) is 75.0 cm³/mol. The maximum atomic E-state index is 9.19. The maximum Gasteiger partial charge on any atom is 0.237 e. The summed E-state index contributed by atoms with van der Waals surface area (Å²) in [5.41, 5.74) is 1.63. The Hall–Kier alpha value is -1.76. The summed E-state index contributed by atoms with van der Waals surface area (Å²) < 4.78 is 5.62. The fraction of sp³-hybridized carbons (Fsp3) is 0.143. The summed E-state index contributed by atoms with van der Waals surface area (Å²) in [6.45, 7) is 3.54. The van der Waals surface area contributed by atoms with Gasteiger partial charge in [-0.15, -0.1) is 0 Å². The van der Waals surface area contributed by atoms with E-state index in [2.05, 4.69) is 11.1 Å². The molecule has 0 N–H and O–H groups in total. The highest BCUT2D eigenvalue weighted by atomic mass is 35.5. The molecule has 0 saturated heterocycles. The first kappa shape index (κ1) is 13.7. The molecule has 0 aliphatic heterocycles. The van der Waals surface area contributed by atoms with Crippen LogP contribution in [0, 0.1) is 25.2 Å². The van der Waals surface area contributed by atoms with Crippen molar-refractivity contribution in [3.05, 3.63) is 51.1 Å². The largest absolute Gasteiger partial charge is 0.438 e. The molecule has 2 aromatic rings. The predicted octanol–water partition coefficient (Wildman–Crippen LogP) is 4.67. The van der Waals surface area contributed by atoms with Crippen LogP contribution in [0.25, 0.3) is 0 Å². The Morgan fingerprint density at radius 3 is 2.37 bits per heavy atom. The molecule has 0 fully saturated rings. The van der Waals surface area contributed by atoms with E-state index in [-0.39, 0.29) is 5.88 Å². The number of hydrogen-bond donors (Lipinski definition) is 0. The molecule has 0 spiro atoms. The third-order valence-electron chi connectivity index (χ3n) is 2.64. The van der Waals surface area contributed by atoms with Crippen molar-refractivity contribution in [2.24, 2.45) is 0 Å². The first-order valence-electron chi connectivity index (χ1n) is 5.53. The second kappa shape index (κ2) is 5.48. The Bertz CT molecular complexity index is 661. The molecule has 1 heterocycles. The molecule has 1 aromatic carbocycles. The molecule has 0 aliphatic rings. The molecular weight excluding hydrogens is 283 g/mol. The third-order valence-corrected chi connectivity index (χ3v) is 3.45. The normalized spacial score (nSPS) is 10.1. The lowest BCUT2D eigenvalue weighted by Crippen LogP contribution is -1.98. The van der Waals surface area contributed by atoms with Gasteiger partial charge < -0.3 is 4.74 Å². The standard InChI is InChI=1S/C14H10Cl2N2O/c1-8-12(7-17)14(18-9(2)13(8)16)19-11-5-3-10(15)4-6-11/h3-6H,1-2H3. The molecule has 0 aliphatic carbocycles. The van der Waals surface area contributed by atoms with Gasteiger partial charge in [0.25, 0.3) is 0 Å². The lowest BCUT2D eigenvalue weighted by molar-refractivity contribution is 0.459. The van der Waals surface area contributed by atoms with Crippen LogP contribution in [0.5, 0.6) is 11.6 Å². The number of hydrogen-bond acceptors (Lipinski definition) is 3. The van der Waals surface area contributed by atoms with Gasteiger partial charge >= 0.3 is 0 Å². The molecular formula is C14H10Cl2N2O. The fourth-order valence-electron chi connectivity index (χ4n) is 1.62. The molecule has 0 saturated carbocycles. The molecule has 0 radical (unpaired) electrons. The summed E-state index contributed by atoms with van der Waals surface area (Å²) in [5, 5.41) is 10.3. The van der Waals surface area contributed by atoms with Crippen LogP contribution in [0.4, 0.5) is 0 Å². The highest BCUT2D eigenvalue weighted by Crippen LogP contribution is 2.31. The minimum Gasteiger partial charge on any atom is -0.438 e. The van der Waals surface area contributed by atoms with E-state index in [4.69, 9.17) is 27.9 Å². The molecule has 0 unspecified atom stereocenters. The third kappa shape index (κ3) is 2.81. The van der Waals surface area contributed by atoms with Gasteiger partial charge in [0.15, 0.2) is 0 Å². The second-order valence-corrected chi connectivity index (χ2v) is 4.80. The SMILES string of the molecule is Cc1nc(Oc2ccc(Cl)cc2)c(C#N)c(C)c1Cl. The number of pyridine rings is 1. The van der Waals surface area contributed by atoms with Gasteiger partial charge in [0.05, 0.1) is 10.7 Å². The van der Waals surface area contributed by atoms with Crippen LogP contribution >= 0.6 is 23.2 Å². The molecule has 96 valence electrons. The molecule has 2 rings (SSSR count). The van der Waals surface area contributed by atoms with Crippen LogP contribution in [0.15, 0.2) is 24.3 Å². The van der Waals surface area contributed by atoms with Gasteiger partial charge in [-0.1, -0.05) is 23.2 Å². The van der Waals surface area contributed by atoms with Gasteiger partial charge in [0, 0.05) is 5.02 Å². The van der Waals surface area contributed by atoms with E-state index in [0.717, 1.165) is 0 Å². The zero-order chi connectivity index (χ0) is 14.0. The molecule has 5 heteroatoms. The number of ether oxygens (including phenoxy) is 1. The molecule has 1 aromatic heterocycles. The summed E-state index contributed by atoms with van der Waals surface area (Å²) in [6, 6.07) is 8.90. The van der Waals surface area contributed by atoms with Crippen LogP contribution in [-0.4, -0.2) is 4.98 Å². The minimum atomic E-state index is 0.254. The zero-order valence-corrected chi connectivity index (χ0v) is 11.9. The summed E-state index contributed by atoms with van der Waals surface area (Å²) in [7, 11) is 0.